The van der Waals surface area contributed by atoms with Crippen molar-refractivity contribution in [1.29, 1.82) is 0 Å². The molecule has 0 amide bonds. The number of nitrogens with one attached hydrogen (secondary N) is 1. The normalized spacial score (nSPS) is 17.2. The lowest BCUT2D eigenvalue weighted by Crippen LogP contribution is -2.43. The summed E-state index contributed by atoms with van der Waals surface area (Å²) in [6.45, 7) is 1.76. The van der Waals surface area contributed by atoms with Crippen LogP contribution >= 0.6 is 28.3 Å². The minimum absolute atomic E-state index is 0. The molecule has 0 bridgehead atoms. The zero-order chi connectivity index (χ0) is 13.2. The standard InChI is InChI=1S/C12H17BrN2O2S.ClH/c1-15(11-5-7-14-8-6-11)18(16,17)12-4-2-3-10(13)9-12;/h2-4,9,11,14H,5-8H2,1H3;1H. The summed E-state index contributed by atoms with van der Waals surface area (Å²) in [5.74, 6) is 0. The Labute approximate surface area is 129 Å². The Morgan fingerprint density at radius 2 is 1.95 bits per heavy atom. The Kier molecular flexibility index (Phi) is 6.26. The molecule has 1 aliphatic rings. The van der Waals surface area contributed by atoms with Gasteiger partial charge in [0.05, 0.1) is 4.90 Å². The van der Waals surface area contributed by atoms with Crippen LogP contribution in [0.2, 0.25) is 0 Å². The van der Waals surface area contributed by atoms with Crippen molar-refractivity contribution in [2.45, 2.75) is 23.8 Å². The van der Waals surface area contributed by atoms with Crippen molar-refractivity contribution >= 4 is 38.4 Å². The lowest BCUT2D eigenvalue weighted by atomic mass is 10.1. The molecule has 1 aliphatic heterocycles. The van der Waals surface area contributed by atoms with Crippen molar-refractivity contribution in [1.82, 2.24) is 9.62 Å². The highest BCUT2D eigenvalue weighted by molar-refractivity contribution is 9.10. The Bertz CT molecular complexity index is 518. The molecule has 0 spiro atoms. The first-order chi connectivity index (χ1) is 8.51. The van der Waals surface area contributed by atoms with Crippen LogP contribution in [0.5, 0.6) is 0 Å². The van der Waals surface area contributed by atoms with Gasteiger partial charge in [0.2, 0.25) is 10.0 Å². The molecule has 0 radical (unpaired) electrons. The Morgan fingerprint density at radius 3 is 2.53 bits per heavy atom. The van der Waals surface area contributed by atoms with Crippen molar-refractivity contribution in [3.8, 4) is 0 Å². The maximum Gasteiger partial charge on any atom is 0.243 e. The number of benzene rings is 1. The van der Waals surface area contributed by atoms with Gasteiger partial charge in [-0.2, -0.15) is 4.31 Å². The summed E-state index contributed by atoms with van der Waals surface area (Å²) >= 11 is 3.31. The fourth-order valence-electron chi connectivity index (χ4n) is 2.16. The second-order valence-electron chi connectivity index (χ2n) is 4.46. The van der Waals surface area contributed by atoms with Gasteiger partial charge in [0.1, 0.15) is 0 Å². The molecular weight excluding hydrogens is 352 g/mol. The largest absolute Gasteiger partial charge is 0.317 e. The Hall–Kier alpha value is -0.140. The van der Waals surface area contributed by atoms with Crippen LogP contribution in [0.15, 0.2) is 33.6 Å². The highest BCUT2D eigenvalue weighted by Gasteiger charge is 2.28. The number of nitrogens with zero attached hydrogens (tertiary/aromatic N) is 1. The molecule has 1 aromatic carbocycles. The monoisotopic (exact) mass is 368 g/mol. The van der Waals surface area contributed by atoms with Crippen LogP contribution in [-0.2, 0) is 10.0 Å². The predicted molar refractivity (Wildman–Crippen MR) is 82.2 cm³/mol. The summed E-state index contributed by atoms with van der Waals surface area (Å²) in [6.07, 6.45) is 1.73. The van der Waals surface area contributed by atoms with E-state index in [1.165, 1.54) is 4.31 Å². The van der Waals surface area contributed by atoms with Gasteiger partial charge < -0.3 is 5.32 Å². The molecule has 1 aromatic rings. The van der Waals surface area contributed by atoms with Gasteiger partial charge in [-0.25, -0.2) is 8.42 Å². The second-order valence-corrected chi connectivity index (χ2v) is 7.37. The quantitative estimate of drug-likeness (QED) is 0.889. The van der Waals surface area contributed by atoms with Crippen molar-refractivity contribution in [3.05, 3.63) is 28.7 Å². The third-order valence-electron chi connectivity index (χ3n) is 3.30. The summed E-state index contributed by atoms with van der Waals surface area (Å²) < 4.78 is 27.2. The number of halogens is 2. The van der Waals surface area contributed by atoms with E-state index in [1.807, 2.05) is 6.07 Å². The molecule has 0 unspecified atom stereocenters. The van der Waals surface area contributed by atoms with Crippen LogP contribution in [0.25, 0.3) is 0 Å². The van der Waals surface area contributed by atoms with E-state index in [1.54, 1.807) is 25.2 Å². The summed E-state index contributed by atoms with van der Waals surface area (Å²) in [5.41, 5.74) is 0. The summed E-state index contributed by atoms with van der Waals surface area (Å²) in [5, 5.41) is 3.24. The van der Waals surface area contributed by atoms with Gasteiger partial charge in [-0.15, -0.1) is 12.4 Å². The lowest BCUT2D eigenvalue weighted by molar-refractivity contribution is 0.296. The molecule has 2 rings (SSSR count). The van der Waals surface area contributed by atoms with Crippen molar-refractivity contribution in [3.63, 3.8) is 0 Å². The zero-order valence-corrected chi connectivity index (χ0v) is 13.9. The highest BCUT2D eigenvalue weighted by Crippen LogP contribution is 2.23. The van der Waals surface area contributed by atoms with Crippen LogP contribution in [0.1, 0.15) is 12.8 Å². The Balaban J connectivity index is 0.00000180. The van der Waals surface area contributed by atoms with E-state index >= 15 is 0 Å². The fraction of sp³-hybridized carbons (Fsp3) is 0.500. The smallest absolute Gasteiger partial charge is 0.243 e. The van der Waals surface area contributed by atoms with Crippen LogP contribution in [0, 0.1) is 0 Å². The van der Waals surface area contributed by atoms with E-state index in [-0.39, 0.29) is 18.4 Å². The van der Waals surface area contributed by atoms with Gasteiger partial charge in [0.15, 0.2) is 0 Å². The number of hydrogen-bond donors (Lipinski definition) is 1. The van der Waals surface area contributed by atoms with Crippen LogP contribution in [0.4, 0.5) is 0 Å². The van der Waals surface area contributed by atoms with E-state index < -0.39 is 10.0 Å². The van der Waals surface area contributed by atoms with Gasteiger partial charge in [0, 0.05) is 17.6 Å². The minimum atomic E-state index is -3.39. The third-order valence-corrected chi connectivity index (χ3v) is 5.70. The molecule has 108 valence electrons. The molecule has 4 nitrogen and oxygen atoms in total. The van der Waals surface area contributed by atoms with E-state index in [2.05, 4.69) is 21.2 Å². The second kappa shape index (κ2) is 7.04. The van der Waals surface area contributed by atoms with Crippen LogP contribution < -0.4 is 5.32 Å². The first-order valence-corrected chi connectivity index (χ1v) is 8.19. The first-order valence-electron chi connectivity index (χ1n) is 5.96. The third kappa shape index (κ3) is 3.92. The summed E-state index contributed by atoms with van der Waals surface area (Å²) in [7, 11) is -1.71. The summed E-state index contributed by atoms with van der Waals surface area (Å²) in [6, 6.07) is 6.94. The molecule has 7 heteroatoms. The molecule has 0 saturated carbocycles. The highest BCUT2D eigenvalue weighted by atomic mass is 79.9. The van der Waals surface area contributed by atoms with Crippen molar-refractivity contribution in [2.75, 3.05) is 20.1 Å². The van der Waals surface area contributed by atoms with E-state index in [0.717, 1.165) is 30.4 Å². The molecule has 1 N–H and O–H groups in total. The molecular formula is C12H18BrClN2O2S. The molecule has 0 atom stereocenters. The van der Waals surface area contributed by atoms with E-state index in [0.29, 0.717) is 4.90 Å². The Morgan fingerprint density at radius 1 is 1.32 bits per heavy atom. The van der Waals surface area contributed by atoms with Crippen molar-refractivity contribution in [2.24, 2.45) is 0 Å². The maximum absolute atomic E-state index is 12.5. The molecule has 1 saturated heterocycles. The number of piperidine rings is 1. The van der Waals surface area contributed by atoms with Crippen LogP contribution in [0.3, 0.4) is 0 Å². The molecule has 0 aromatic heterocycles. The maximum atomic E-state index is 12.5. The number of hydrogen-bond acceptors (Lipinski definition) is 3. The van der Waals surface area contributed by atoms with E-state index in [9.17, 15) is 8.42 Å². The molecule has 1 heterocycles. The minimum Gasteiger partial charge on any atom is -0.317 e. The average molecular weight is 370 g/mol. The molecule has 19 heavy (non-hydrogen) atoms. The van der Waals surface area contributed by atoms with Gasteiger partial charge in [-0.05, 0) is 44.1 Å². The van der Waals surface area contributed by atoms with Gasteiger partial charge in [-0.1, -0.05) is 22.0 Å². The lowest BCUT2D eigenvalue weighted by Gasteiger charge is -2.30. The predicted octanol–water partition coefficient (Wildman–Crippen LogP) is 2.24. The van der Waals surface area contributed by atoms with Gasteiger partial charge in [0.25, 0.3) is 0 Å². The summed E-state index contributed by atoms with van der Waals surface area (Å²) in [4.78, 5) is 0.345. The number of sulfonamides is 1. The average Bonchev–Trinajstić information content (AvgIpc) is 2.39. The SMILES string of the molecule is CN(C1CCNCC1)S(=O)(=O)c1cccc(Br)c1.Cl. The van der Waals surface area contributed by atoms with Crippen LogP contribution in [-0.4, -0.2) is 38.9 Å². The zero-order valence-electron chi connectivity index (χ0n) is 10.7. The topological polar surface area (TPSA) is 49.4 Å². The fourth-order valence-corrected chi connectivity index (χ4v) is 4.17. The first kappa shape index (κ1) is 16.9. The van der Waals surface area contributed by atoms with Crippen molar-refractivity contribution < 1.29 is 8.42 Å². The van der Waals surface area contributed by atoms with Gasteiger partial charge >= 0.3 is 0 Å². The molecule has 1 fully saturated rings. The number of rotatable bonds is 3. The van der Waals surface area contributed by atoms with E-state index in [4.69, 9.17) is 0 Å². The van der Waals surface area contributed by atoms with Gasteiger partial charge in [-0.3, -0.25) is 0 Å². The molecule has 0 aliphatic carbocycles.